The number of nitrogens with two attached hydrogens (primary N) is 1. The van der Waals surface area contributed by atoms with Gasteiger partial charge in [0.25, 0.3) is 0 Å². The largest absolute Gasteiger partial charge is 0.423 e. The highest BCUT2D eigenvalue weighted by atomic mass is 19.1. The number of ether oxygens (including phenoxy) is 1. The zero-order valence-corrected chi connectivity index (χ0v) is 18.6. The Morgan fingerprint density at radius 2 is 2.15 bits per heavy atom. The van der Waals surface area contributed by atoms with Crippen molar-refractivity contribution in [3.05, 3.63) is 53.7 Å². The fourth-order valence-electron chi connectivity index (χ4n) is 5.95. The second kappa shape index (κ2) is 7.95. The van der Waals surface area contributed by atoms with Gasteiger partial charge in [-0.2, -0.15) is 9.97 Å². The van der Waals surface area contributed by atoms with Crippen molar-refractivity contribution in [1.82, 2.24) is 15.0 Å². The van der Waals surface area contributed by atoms with E-state index in [1.807, 2.05) is 19.2 Å². The molecule has 8 heteroatoms. The van der Waals surface area contributed by atoms with Crippen LogP contribution in [0.15, 0.2) is 36.7 Å². The first-order valence-corrected chi connectivity index (χ1v) is 11.6. The maximum atomic E-state index is 14.5. The standard InChI is InChI=1S/C25H27FN6O/c1-28-21-8-16(26)7-19-18(21)9-22-23(19)24(31-25(30-22)33-17-3-2-6-29-11-17)32-12-15-5-4-14(10-27)20(15)13-32/h2-3,6-8,11,14-15,20,28H,4-5,9-10,12-13,27H2,1H3/t14-,15+,20+/m0/s1. The Balaban J connectivity index is 1.45. The van der Waals surface area contributed by atoms with Gasteiger partial charge in [-0.25, -0.2) is 4.39 Å². The molecule has 0 unspecified atom stereocenters. The lowest BCUT2D eigenvalue weighted by Gasteiger charge is -2.23. The van der Waals surface area contributed by atoms with Crippen molar-refractivity contribution in [2.24, 2.45) is 23.5 Å². The minimum atomic E-state index is -0.269. The quantitative estimate of drug-likeness (QED) is 0.481. The van der Waals surface area contributed by atoms with Crippen molar-refractivity contribution in [2.45, 2.75) is 19.3 Å². The van der Waals surface area contributed by atoms with Gasteiger partial charge >= 0.3 is 6.01 Å². The Morgan fingerprint density at radius 3 is 2.94 bits per heavy atom. The van der Waals surface area contributed by atoms with Gasteiger partial charge in [0.2, 0.25) is 0 Å². The van der Waals surface area contributed by atoms with Gasteiger partial charge in [0.1, 0.15) is 17.4 Å². The van der Waals surface area contributed by atoms with Gasteiger partial charge in [0.05, 0.1) is 11.9 Å². The minimum Gasteiger partial charge on any atom is -0.423 e. The number of nitrogens with zero attached hydrogens (tertiary/aromatic N) is 4. The summed E-state index contributed by atoms with van der Waals surface area (Å²) in [5, 5.41) is 3.14. The lowest BCUT2D eigenvalue weighted by Crippen LogP contribution is -2.27. The molecule has 33 heavy (non-hydrogen) atoms. The highest BCUT2D eigenvalue weighted by Gasteiger charge is 2.43. The number of anilines is 2. The fourth-order valence-corrected chi connectivity index (χ4v) is 5.95. The average molecular weight is 447 g/mol. The molecule has 0 bridgehead atoms. The van der Waals surface area contributed by atoms with Crippen LogP contribution in [0.4, 0.5) is 15.9 Å². The lowest BCUT2D eigenvalue weighted by atomic mass is 9.93. The topological polar surface area (TPSA) is 89.2 Å². The van der Waals surface area contributed by atoms with Gasteiger partial charge in [0, 0.05) is 44.0 Å². The first kappa shape index (κ1) is 20.4. The van der Waals surface area contributed by atoms with Gasteiger partial charge in [0.15, 0.2) is 0 Å². The number of hydrogen-bond acceptors (Lipinski definition) is 7. The van der Waals surface area contributed by atoms with E-state index in [-0.39, 0.29) is 5.82 Å². The van der Waals surface area contributed by atoms with Crippen molar-refractivity contribution >= 4 is 11.5 Å². The molecule has 2 fully saturated rings. The SMILES string of the molecule is CNc1cc(F)cc2c1Cc1nc(Oc3cccnc3)nc(N3C[C@H]4CC[C@@H](CN)[C@H]4C3)c1-2. The Morgan fingerprint density at radius 1 is 1.24 bits per heavy atom. The molecule has 3 atom stereocenters. The van der Waals surface area contributed by atoms with Gasteiger partial charge in [-0.05, 0) is 72.5 Å². The molecule has 1 aromatic carbocycles. The van der Waals surface area contributed by atoms with Crippen molar-refractivity contribution < 1.29 is 9.13 Å². The third kappa shape index (κ3) is 3.40. The molecule has 1 saturated carbocycles. The normalized spacial score (nSPS) is 22.8. The predicted octanol–water partition coefficient (Wildman–Crippen LogP) is 3.84. The second-order valence-corrected chi connectivity index (χ2v) is 9.25. The molecule has 3 aliphatic rings. The number of benzene rings is 1. The molecule has 7 nitrogen and oxygen atoms in total. The summed E-state index contributed by atoms with van der Waals surface area (Å²) in [7, 11) is 1.82. The number of rotatable bonds is 5. The molecule has 3 aromatic rings. The smallest absolute Gasteiger partial charge is 0.324 e. The van der Waals surface area contributed by atoms with E-state index in [1.54, 1.807) is 18.5 Å². The van der Waals surface area contributed by atoms with E-state index in [0.717, 1.165) is 53.5 Å². The summed E-state index contributed by atoms with van der Waals surface area (Å²) in [6.45, 7) is 2.57. The Kier molecular flexibility index (Phi) is 4.90. The first-order chi connectivity index (χ1) is 16.1. The molecule has 6 rings (SSSR count). The van der Waals surface area contributed by atoms with Crippen LogP contribution >= 0.6 is 0 Å². The van der Waals surface area contributed by atoms with Crippen LogP contribution in [0.5, 0.6) is 11.8 Å². The van der Waals surface area contributed by atoms with Crippen molar-refractivity contribution in [2.75, 3.05) is 36.9 Å². The van der Waals surface area contributed by atoms with Crippen LogP contribution in [0.1, 0.15) is 24.1 Å². The van der Waals surface area contributed by atoms with Gasteiger partial charge in [-0.3, -0.25) is 4.98 Å². The molecule has 3 N–H and O–H groups in total. The number of aromatic nitrogens is 3. The summed E-state index contributed by atoms with van der Waals surface area (Å²) < 4.78 is 20.5. The van der Waals surface area contributed by atoms with Crippen molar-refractivity contribution in [3.8, 4) is 22.9 Å². The van der Waals surface area contributed by atoms with E-state index in [4.69, 9.17) is 20.4 Å². The third-order valence-electron chi connectivity index (χ3n) is 7.49. The van der Waals surface area contributed by atoms with E-state index in [2.05, 4.69) is 15.2 Å². The van der Waals surface area contributed by atoms with Crippen LogP contribution in [0.25, 0.3) is 11.1 Å². The van der Waals surface area contributed by atoms with Gasteiger partial charge < -0.3 is 20.7 Å². The Labute approximate surface area is 192 Å². The monoisotopic (exact) mass is 446 g/mol. The molecule has 0 radical (unpaired) electrons. The van der Waals surface area contributed by atoms with Crippen molar-refractivity contribution in [1.29, 1.82) is 0 Å². The first-order valence-electron chi connectivity index (χ1n) is 11.6. The maximum absolute atomic E-state index is 14.5. The number of fused-ring (bicyclic) bond motifs is 4. The van der Waals surface area contributed by atoms with Crippen LogP contribution in [-0.2, 0) is 6.42 Å². The summed E-state index contributed by atoms with van der Waals surface area (Å²) in [5.74, 6) is 2.89. The van der Waals surface area contributed by atoms with Crippen molar-refractivity contribution in [3.63, 3.8) is 0 Å². The van der Waals surface area contributed by atoms with Gasteiger partial charge in [-0.15, -0.1) is 0 Å². The Hall–Kier alpha value is -3.26. The maximum Gasteiger partial charge on any atom is 0.324 e. The molecule has 1 aliphatic heterocycles. The summed E-state index contributed by atoms with van der Waals surface area (Å²) in [4.78, 5) is 16.1. The average Bonchev–Trinajstić information content (AvgIpc) is 3.51. The predicted molar refractivity (Wildman–Crippen MR) is 125 cm³/mol. The molecule has 2 aliphatic carbocycles. The summed E-state index contributed by atoms with van der Waals surface area (Å²) in [6.07, 6.45) is 6.35. The second-order valence-electron chi connectivity index (χ2n) is 9.25. The molecular formula is C25H27FN6O. The lowest BCUT2D eigenvalue weighted by molar-refractivity contribution is 0.385. The van der Waals surface area contributed by atoms with Crippen LogP contribution in [-0.4, -0.2) is 41.6 Å². The number of nitrogens with one attached hydrogen (secondary N) is 1. The highest BCUT2D eigenvalue weighted by molar-refractivity contribution is 5.88. The van der Waals surface area contributed by atoms with Crippen LogP contribution < -0.4 is 20.7 Å². The van der Waals surface area contributed by atoms with E-state index >= 15 is 0 Å². The van der Waals surface area contributed by atoms with E-state index in [9.17, 15) is 4.39 Å². The molecule has 170 valence electrons. The highest BCUT2D eigenvalue weighted by Crippen LogP contribution is 2.49. The zero-order valence-electron chi connectivity index (χ0n) is 18.6. The molecule has 0 amide bonds. The number of halogens is 1. The van der Waals surface area contributed by atoms with E-state index < -0.39 is 0 Å². The molecule has 0 spiro atoms. The molecular weight excluding hydrogens is 419 g/mol. The van der Waals surface area contributed by atoms with E-state index in [0.29, 0.717) is 35.9 Å². The van der Waals surface area contributed by atoms with Crippen LogP contribution in [0.2, 0.25) is 0 Å². The molecule has 3 heterocycles. The number of hydrogen-bond donors (Lipinski definition) is 2. The summed E-state index contributed by atoms with van der Waals surface area (Å²) in [6, 6.07) is 7.09. The van der Waals surface area contributed by atoms with Crippen LogP contribution in [0.3, 0.4) is 0 Å². The molecule has 1 saturated heterocycles. The van der Waals surface area contributed by atoms with Gasteiger partial charge in [-0.1, -0.05) is 0 Å². The summed E-state index contributed by atoms with van der Waals surface area (Å²) >= 11 is 0. The fraction of sp³-hybridized carbons (Fsp3) is 0.400. The third-order valence-corrected chi connectivity index (χ3v) is 7.49. The van der Waals surface area contributed by atoms with Crippen LogP contribution in [0, 0.1) is 23.6 Å². The zero-order chi connectivity index (χ0) is 22.5. The Bertz CT molecular complexity index is 1200. The minimum absolute atomic E-state index is 0.269. The molecule has 2 aromatic heterocycles. The number of pyridine rings is 1. The van der Waals surface area contributed by atoms with E-state index in [1.165, 1.54) is 18.9 Å². The summed E-state index contributed by atoms with van der Waals surface area (Å²) in [5.41, 5.74) is 10.5.